The predicted molar refractivity (Wildman–Crippen MR) is 104 cm³/mol. The molecular weight excluding hydrogens is 324 g/mol. The average Bonchev–Trinajstić information content (AvgIpc) is 2.65. The molecule has 0 bridgehead atoms. The number of para-hydroxylation sites is 1. The maximum atomic E-state index is 12.2. The third kappa shape index (κ3) is 3.69. The van der Waals surface area contributed by atoms with Crippen molar-refractivity contribution in [1.29, 1.82) is 0 Å². The third-order valence-electron chi connectivity index (χ3n) is 5.16. The molecule has 5 heteroatoms. The molecule has 2 aromatic carbocycles. The summed E-state index contributed by atoms with van der Waals surface area (Å²) in [7, 11) is 0. The fourth-order valence-electron chi connectivity index (χ4n) is 3.56. The lowest BCUT2D eigenvalue weighted by molar-refractivity contribution is 0.120. The smallest absolute Gasteiger partial charge is 0.258 e. The van der Waals surface area contributed by atoms with Gasteiger partial charge in [0.1, 0.15) is 5.82 Å². The van der Waals surface area contributed by atoms with Crippen molar-refractivity contribution in [2.24, 2.45) is 0 Å². The zero-order chi connectivity index (χ0) is 17.9. The summed E-state index contributed by atoms with van der Waals surface area (Å²) in [6.07, 6.45) is 0. The predicted octanol–water partition coefficient (Wildman–Crippen LogP) is 2.55. The number of fused-ring (bicyclic) bond motifs is 1. The fraction of sp³-hybridized carbons (Fsp3) is 0.333. The quantitative estimate of drug-likeness (QED) is 0.787. The molecular formula is C21H24N4O. The largest absolute Gasteiger partial charge is 0.309 e. The second-order valence-corrected chi connectivity index (χ2v) is 7.01. The van der Waals surface area contributed by atoms with E-state index < -0.39 is 0 Å². The summed E-state index contributed by atoms with van der Waals surface area (Å²) in [4.78, 5) is 24.6. The SMILES string of the molecule is Cc1ccccc1CN1CCN(Cc2nc3ccccc3c(=O)[nH]2)CC1. The van der Waals surface area contributed by atoms with E-state index in [0.29, 0.717) is 11.9 Å². The van der Waals surface area contributed by atoms with Crippen molar-refractivity contribution in [2.45, 2.75) is 20.0 Å². The van der Waals surface area contributed by atoms with Gasteiger partial charge in [-0.15, -0.1) is 0 Å². The van der Waals surface area contributed by atoms with Crippen LogP contribution in [0.5, 0.6) is 0 Å². The van der Waals surface area contributed by atoms with Crippen LogP contribution < -0.4 is 5.56 Å². The highest BCUT2D eigenvalue weighted by Crippen LogP contribution is 2.13. The molecule has 0 amide bonds. The normalized spacial score (nSPS) is 16.2. The third-order valence-corrected chi connectivity index (χ3v) is 5.16. The van der Waals surface area contributed by atoms with Crippen molar-refractivity contribution in [3.8, 4) is 0 Å². The highest BCUT2D eigenvalue weighted by atomic mass is 16.1. The number of hydrogen-bond acceptors (Lipinski definition) is 4. The van der Waals surface area contributed by atoms with Crippen LogP contribution in [0, 0.1) is 6.92 Å². The Morgan fingerprint density at radius 2 is 1.58 bits per heavy atom. The molecule has 1 aromatic heterocycles. The van der Waals surface area contributed by atoms with Crippen molar-refractivity contribution in [3.05, 3.63) is 75.8 Å². The van der Waals surface area contributed by atoms with Gasteiger partial charge in [0, 0.05) is 32.7 Å². The van der Waals surface area contributed by atoms with Crippen LogP contribution >= 0.6 is 0 Å². The number of benzene rings is 2. The van der Waals surface area contributed by atoms with Crippen LogP contribution in [0.2, 0.25) is 0 Å². The fourth-order valence-corrected chi connectivity index (χ4v) is 3.56. The Balaban J connectivity index is 1.38. The van der Waals surface area contributed by atoms with E-state index in [2.05, 4.69) is 51.0 Å². The van der Waals surface area contributed by atoms with Gasteiger partial charge in [0.25, 0.3) is 5.56 Å². The summed E-state index contributed by atoms with van der Waals surface area (Å²) in [5.74, 6) is 0.751. The molecule has 0 saturated carbocycles. The molecule has 1 aliphatic heterocycles. The first-order valence-corrected chi connectivity index (χ1v) is 9.16. The van der Waals surface area contributed by atoms with Crippen LogP contribution in [0.1, 0.15) is 17.0 Å². The van der Waals surface area contributed by atoms with Gasteiger partial charge in [-0.3, -0.25) is 14.6 Å². The van der Waals surface area contributed by atoms with Gasteiger partial charge in [0.05, 0.1) is 17.4 Å². The Morgan fingerprint density at radius 3 is 2.35 bits per heavy atom. The molecule has 1 aliphatic rings. The van der Waals surface area contributed by atoms with E-state index >= 15 is 0 Å². The minimum absolute atomic E-state index is 0.0520. The number of hydrogen-bond donors (Lipinski definition) is 1. The van der Waals surface area contributed by atoms with E-state index in [0.717, 1.165) is 44.1 Å². The number of piperazine rings is 1. The zero-order valence-electron chi connectivity index (χ0n) is 15.1. The summed E-state index contributed by atoms with van der Waals surface area (Å²) in [6.45, 7) is 7.92. The van der Waals surface area contributed by atoms with Gasteiger partial charge in [0.15, 0.2) is 0 Å². The van der Waals surface area contributed by atoms with Gasteiger partial charge in [-0.1, -0.05) is 36.4 Å². The summed E-state index contributed by atoms with van der Waals surface area (Å²) >= 11 is 0. The van der Waals surface area contributed by atoms with Gasteiger partial charge in [-0.2, -0.15) is 0 Å². The molecule has 3 aromatic rings. The van der Waals surface area contributed by atoms with Crippen molar-refractivity contribution in [1.82, 2.24) is 19.8 Å². The van der Waals surface area contributed by atoms with E-state index in [1.807, 2.05) is 24.3 Å². The molecule has 1 saturated heterocycles. The van der Waals surface area contributed by atoms with Crippen molar-refractivity contribution in [2.75, 3.05) is 26.2 Å². The van der Waals surface area contributed by atoms with Crippen molar-refractivity contribution in [3.63, 3.8) is 0 Å². The van der Waals surface area contributed by atoms with Crippen LogP contribution in [0.3, 0.4) is 0 Å². The van der Waals surface area contributed by atoms with Gasteiger partial charge in [-0.05, 0) is 30.2 Å². The Kier molecular flexibility index (Phi) is 4.82. The number of nitrogens with one attached hydrogen (secondary N) is 1. The molecule has 0 aliphatic carbocycles. The lowest BCUT2D eigenvalue weighted by atomic mass is 10.1. The molecule has 1 N–H and O–H groups in total. The number of H-pyrrole nitrogens is 1. The standard InChI is InChI=1S/C21H24N4O/c1-16-6-2-3-7-17(16)14-24-10-12-25(13-11-24)15-20-22-19-9-5-4-8-18(19)21(26)23-20/h2-9H,10-15H2,1H3,(H,22,23,26). The van der Waals surface area contributed by atoms with Crippen molar-refractivity contribution >= 4 is 10.9 Å². The first-order valence-electron chi connectivity index (χ1n) is 9.16. The van der Waals surface area contributed by atoms with E-state index in [4.69, 9.17) is 0 Å². The average molecular weight is 348 g/mol. The minimum Gasteiger partial charge on any atom is -0.309 e. The molecule has 1 fully saturated rings. The first kappa shape index (κ1) is 16.9. The van der Waals surface area contributed by atoms with E-state index in [9.17, 15) is 4.79 Å². The maximum Gasteiger partial charge on any atom is 0.258 e. The van der Waals surface area contributed by atoms with Crippen LogP contribution in [-0.4, -0.2) is 45.9 Å². The van der Waals surface area contributed by atoms with E-state index in [1.165, 1.54) is 11.1 Å². The molecule has 4 rings (SSSR count). The molecule has 0 spiro atoms. The number of aromatic nitrogens is 2. The van der Waals surface area contributed by atoms with E-state index in [1.54, 1.807) is 0 Å². The lowest BCUT2D eigenvalue weighted by Gasteiger charge is -2.34. The molecule has 2 heterocycles. The summed E-state index contributed by atoms with van der Waals surface area (Å²) < 4.78 is 0. The van der Waals surface area contributed by atoms with E-state index in [-0.39, 0.29) is 5.56 Å². The van der Waals surface area contributed by atoms with Crippen LogP contribution in [0.15, 0.2) is 53.3 Å². The van der Waals surface area contributed by atoms with Gasteiger partial charge in [0.2, 0.25) is 0 Å². The molecule has 26 heavy (non-hydrogen) atoms. The highest BCUT2D eigenvalue weighted by Gasteiger charge is 2.18. The first-order chi connectivity index (χ1) is 12.7. The van der Waals surface area contributed by atoms with Gasteiger partial charge < -0.3 is 4.98 Å². The van der Waals surface area contributed by atoms with Gasteiger partial charge in [-0.25, -0.2) is 4.98 Å². The van der Waals surface area contributed by atoms with Crippen molar-refractivity contribution < 1.29 is 0 Å². The van der Waals surface area contributed by atoms with Crippen LogP contribution in [-0.2, 0) is 13.1 Å². The number of aryl methyl sites for hydroxylation is 1. The number of aromatic amines is 1. The van der Waals surface area contributed by atoms with Crippen LogP contribution in [0.25, 0.3) is 10.9 Å². The minimum atomic E-state index is -0.0520. The number of nitrogens with zero attached hydrogens (tertiary/aromatic N) is 3. The summed E-state index contributed by atoms with van der Waals surface area (Å²) in [6, 6.07) is 16.1. The topological polar surface area (TPSA) is 52.2 Å². The van der Waals surface area contributed by atoms with Crippen LogP contribution in [0.4, 0.5) is 0 Å². The second kappa shape index (κ2) is 7.40. The zero-order valence-corrected chi connectivity index (χ0v) is 15.1. The summed E-state index contributed by atoms with van der Waals surface area (Å²) in [5.41, 5.74) is 3.47. The Labute approximate surface area is 153 Å². The second-order valence-electron chi connectivity index (χ2n) is 7.01. The summed E-state index contributed by atoms with van der Waals surface area (Å²) in [5, 5.41) is 0.652. The Bertz CT molecular complexity index is 957. The molecule has 0 atom stereocenters. The maximum absolute atomic E-state index is 12.2. The Hall–Kier alpha value is -2.50. The molecule has 134 valence electrons. The highest BCUT2D eigenvalue weighted by molar-refractivity contribution is 5.77. The molecule has 0 unspecified atom stereocenters. The molecule has 0 radical (unpaired) electrons. The lowest BCUT2D eigenvalue weighted by Crippen LogP contribution is -2.45. The molecule has 5 nitrogen and oxygen atoms in total. The monoisotopic (exact) mass is 348 g/mol. The Morgan fingerprint density at radius 1 is 0.923 bits per heavy atom. The number of rotatable bonds is 4. The van der Waals surface area contributed by atoms with Gasteiger partial charge >= 0.3 is 0 Å².